The Morgan fingerprint density at radius 3 is 2.36 bits per heavy atom. The Morgan fingerprint density at radius 1 is 1.04 bits per heavy atom. The Balaban J connectivity index is 1.62. The first-order chi connectivity index (χ1) is 11.9. The highest BCUT2D eigenvalue weighted by molar-refractivity contribution is 5.94. The second kappa shape index (κ2) is 6.93. The highest BCUT2D eigenvalue weighted by Crippen LogP contribution is 2.22. The minimum atomic E-state index is -0.121. The molecule has 0 saturated carbocycles. The maximum atomic E-state index is 12.3. The smallest absolute Gasteiger partial charge is 0.251 e. The topological polar surface area (TPSA) is 55.1 Å². The van der Waals surface area contributed by atoms with Crippen LogP contribution in [-0.2, 0) is 12.0 Å². The van der Waals surface area contributed by atoms with Gasteiger partial charge >= 0.3 is 0 Å². The second-order valence-corrected chi connectivity index (χ2v) is 7.06. The van der Waals surface area contributed by atoms with Crippen LogP contribution in [0, 0.1) is 0 Å². The molecule has 3 rings (SSSR count). The summed E-state index contributed by atoms with van der Waals surface area (Å²) in [6.45, 7) is 6.78. The van der Waals surface area contributed by atoms with Gasteiger partial charge in [0.25, 0.3) is 5.91 Å². The van der Waals surface area contributed by atoms with Crippen molar-refractivity contribution in [2.45, 2.75) is 32.7 Å². The number of carbonyl (C=O) groups excluding carboxylic acids is 1. The molecule has 0 fully saturated rings. The standard InChI is InChI=1S/C21H22N2O2/c1-21(2,3)17-11-9-16(10-12-17)20(24)22-14-18-13-19(25-23-18)15-7-5-4-6-8-15/h4-13H,14H2,1-3H3,(H,22,24). The van der Waals surface area contributed by atoms with Gasteiger partial charge < -0.3 is 9.84 Å². The van der Waals surface area contributed by atoms with Crippen LogP contribution < -0.4 is 5.32 Å². The molecule has 2 aromatic carbocycles. The molecular weight excluding hydrogens is 312 g/mol. The van der Waals surface area contributed by atoms with Gasteiger partial charge in [-0.05, 0) is 23.1 Å². The number of hydrogen-bond donors (Lipinski definition) is 1. The van der Waals surface area contributed by atoms with Gasteiger partial charge in [0.2, 0.25) is 0 Å². The lowest BCUT2D eigenvalue weighted by Crippen LogP contribution is -2.23. The van der Waals surface area contributed by atoms with Gasteiger partial charge in [0.15, 0.2) is 5.76 Å². The first-order valence-electron chi connectivity index (χ1n) is 8.33. The van der Waals surface area contributed by atoms with Gasteiger partial charge in [-0.1, -0.05) is 68.4 Å². The van der Waals surface area contributed by atoms with Crippen molar-refractivity contribution in [3.8, 4) is 11.3 Å². The lowest BCUT2D eigenvalue weighted by Gasteiger charge is -2.19. The van der Waals surface area contributed by atoms with Crippen molar-refractivity contribution in [2.24, 2.45) is 0 Å². The molecule has 0 saturated heterocycles. The summed E-state index contributed by atoms with van der Waals surface area (Å²) < 4.78 is 5.34. The molecule has 0 radical (unpaired) electrons. The molecule has 0 aliphatic carbocycles. The minimum Gasteiger partial charge on any atom is -0.356 e. The maximum absolute atomic E-state index is 12.3. The van der Waals surface area contributed by atoms with Crippen molar-refractivity contribution < 1.29 is 9.32 Å². The summed E-state index contributed by atoms with van der Waals surface area (Å²) in [5.41, 5.74) is 3.57. The van der Waals surface area contributed by atoms with Gasteiger partial charge in [-0.3, -0.25) is 4.79 Å². The van der Waals surface area contributed by atoms with Crippen LogP contribution >= 0.6 is 0 Å². The Bertz CT molecular complexity index is 844. The van der Waals surface area contributed by atoms with Crippen LogP contribution in [-0.4, -0.2) is 11.1 Å². The number of hydrogen-bond acceptors (Lipinski definition) is 3. The van der Waals surface area contributed by atoms with Crippen LogP contribution in [0.3, 0.4) is 0 Å². The molecule has 0 aliphatic rings. The predicted molar refractivity (Wildman–Crippen MR) is 98.3 cm³/mol. The fraction of sp³-hybridized carbons (Fsp3) is 0.238. The molecule has 1 aromatic heterocycles. The number of carbonyl (C=O) groups is 1. The zero-order valence-corrected chi connectivity index (χ0v) is 14.7. The van der Waals surface area contributed by atoms with Gasteiger partial charge in [0.1, 0.15) is 5.69 Å². The van der Waals surface area contributed by atoms with Gasteiger partial charge in [0, 0.05) is 17.2 Å². The number of rotatable bonds is 4. The summed E-state index contributed by atoms with van der Waals surface area (Å²) in [5.74, 6) is 0.573. The van der Waals surface area contributed by atoms with Crippen LogP contribution in [0.2, 0.25) is 0 Å². The summed E-state index contributed by atoms with van der Waals surface area (Å²) in [4.78, 5) is 12.3. The second-order valence-electron chi connectivity index (χ2n) is 7.06. The zero-order chi connectivity index (χ0) is 17.9. The van der Waals surface area contributed by atoms with Gasteiger partial charge in [-0.2, -0.15) is 0 Å². The van der Waals surface area contributed by atoms with Gasteiger partial charge in [0.05, 0.1) is 6.54 Å². The number of nitrogens with one attached hydrogen (secondary N) is 1. The maximum Gasteiger partial charge on any atom is 0.251 e. The van der Waals surface area contributed by atoms with Crippen LogP contribution in [0.1, 0.15) is 42.4 Å². The van der Waals surface area contributed by atoms with E-state index in [-0.39, 0.29) is 11.3 Å². The molecule has 0 unspecified atom stereocenters. The van der Waals surface area contributed by atoms with Crippen LogP contribution in [0.5, 0.6) is 0 Å². The third-order valence-corrected chi connectivity index (χ3v) is 4.06. The molecule has 128 valence electrons. The van der Waals surface area contributed by atoms with E-state index >= 15 is 0 Å². The van der Waals surface area contributed by atoms with Crippen LogP contribution in [0.25, 0.3) is 11.3 Å². The van der Waals surface area contributed by atoms with E-state index in [2.05, 4.69) is 31.2 Å². The van der Waals surface area contributed by atoms with E-state index in [0.717, 1.165) is 5.56 Å². The van der Waals surface area contributed by atoms with Crippen molar-refractivity contribution in [1.29, 1.82) is 0 Å². The molecule has 3 aromatic rings. The number of benzene rings is 2. The summed E-state index contributed by atoms with van der Waals surface area (Å²) in [7, 11) is 0. The van der Waals surface area contributed by atoms with Crippen molar-refractivity contribution >= 4 is 5.91 Å². The Hall–Kier alpha value is -2.88. The fourth-order valence-corrected chi connectivity index (χ4v) is 2.53. The van der Waals surface area contributed by atoms with Crippen molar-refractivity contribution in [1.82, 2.24) is 10.5 Å². The van der Waals surface area contributed by atoms with Crippen LogP contribution in [0.4, 0.5) is 0 Å². The van der Waals surface area contributed by atoms with Gasteiger partial charge in [-0.15, -0.1) is 0 Å². The molecule has 4 nitrogen and oxygen atoms in total. The van der Waals surface area contributed by atoms with E-state index in [0.29, 0.717) is 23.6 Å². The van der Waals surface area contributed by atoms with Crippen molar-refractivity contribution in [3.63, 3.8) is 0 Å². The van der Waals surface area contributed by atoms with Crippen LogP contribution in [0.15, 0.2) is 65.2 Å². The summed E-state index contributed by atoms with van der Waals surface area (Å²) in [6.07, 6.45) is 0. The molecule has 1 amide bonds. The van der Waals surface area contributed by atoms with E-state index in [1.54, 1.807) is 0 Å². The first kappa shape index (κ1) is 17.0. The third kappa shape index (κ3) is 4.15. The Labute approximate surface area is 147 Å². The van der Waals surface area contributed by atoms with E-state index < -0.39 is 0 Å². The predicted octanol–water partition coefficient (Wildman–Crippen LogP) is 4.57. The van der Waals surface area contributed by atoms with E-state index in [4.69, 9.17) is 4.52 Å². The fourth-order valence-electron chi connectivity index (χ4n) is 2.53. The number of aromatic nitrogens is 1. The molecule has 4 heteroatoms. The molecule has 0 spiro atoms. The summed E-state index contributed by atoms with van der Waals surface area (Å²) in [6, 6.07) is 19.3. The lowest BCUT2D eigenvalue weighted by atomic mass is 9.87. The van der Waals surface area contributed by atoms with E-state index in [1.807, 2.05) is 60.7 Å². The molecule has 0 atom stereocenters. The lowest BCUT2D eigenvalue weighted by molar-refractivity contribution is 0.0950. The molecule has 1 heterocycles. The summed E-state index contributed by atoms with van der Waals surface area (Å²) >= 11 is 0. The summed E-state index contributed by atoms with van der Waals surface area (Å²) in [5, 5.41) is 6.89. The van der Waals surface area contributed by atoms with Crippen molar-refractivity contribution in [3.05, 3.63) is 77.5 Å². The van der Waals surface area contributed by atoms with Gasteiger partial charge in [-0.25, -0.2) is 0 Å². The molecule has 0 bridgehead atoms. The van der Waals surface area contributed by atoms with E-state index in [9.17, 15) is 4.79 Å². The Kier molecular flexibility index (Phi) is 4.70. The normalized spacial score (nSPS) is 11.3. The van der Waals surface area contributed by atoms with Crippen molar-refractivity contribution in [2.75, 3.05) is 0 Å². The molecule has 25 heavy (non-hydrogen) atoms. The SMILES string of the molecule is CC(C)(C)c1ccc(C(=O)NCc2cc(-c3ccccc3)on2)cc1. The zero-order valence-electron chi connectivity index (χ0n) is 14.7. The molecule has 0 aliphatic heterocycles. The minimum absolute atomic E-state index is 0.0730. The highest BCUT2D eigenvalue weighted by atomic mass is 16.5. The monoisotopic (exact) mass is 334 g/mol. The third-order valence-electron chi connectivity index (χ3n) is 4.06. The average molecular weight is 334 g/mol. The largest absolute Gasteiger partial charge is 0.356 e. The molecular formula is C21H22N2O2. The molecule has 1 N–H and O–H groups in total. The number of nitrogens with zero attached hydrogens (tertiary/aromatic N) is 1. The quantitative estimate of drug-likeness (QED) is 0.760. The van der Waals surface area contributed by atoms with E-state index in [1.165, 1.54) is 5.56 Å². The first-order valence-corrected chi connectivity index (χ1v) is 8.33. The highest BCUT2D eigenvalue weighted by Gasteiger charge is 2.14. The Morgan fingerprint density at radius 2 is 1.72 bits per heavy atom. The number of amides is 1. The average Bonchev–Trinajstić information content (AvgIpc) is 3.09.